The number of carboxylic acids is 1. The van der Waals surface area contributed by atoms with Crippen LogP contribution >= 0.6 is 0 Å². The highest BCUT2D eigenvalue weighted by Crippen LogP contribution is 2.25. The lowest BCUT2D eigenvalue weighted by Gasteiger charge is -2.13. The van der Waals surface area contributed by atoms with E-state index in [0.29, 0.717) is 0 Å². The molecule has 1 amide bonds. The SMILES string of the molecule is O=C(O)N1CC[C@@](F)(C(=O)O)C1. The molecule has 1 saturated heterocycles. The Hall–Kier alpha value is -1.33. The zero-order chi connectivity index (χ0) is 9.35. The molecule has 0 unspecified atom stereocenters. The summed E-state index contributed by atoms with van der Waals surface area (Å²) >= 11 is 0. The molecule has 68 valence electrons. The third-order valence-corrected chi connectivity index (χ3v) is 1.87. The summed E-state index contributed by atoms with van der Waals surface area (Å²) in [6.45, 7) is -0.629. The van der Waals surface area contributed by atoms with Gasteiger partial charge >= 0.3 is 12.1 Å². The Bertz CT molecular complexity index is 232. The van der Waals surface area contributed by atoms with E-state index in [1.165, 1.54) is 0 Å². The van der Waals surface area contributed by atoms with Gasteiger partial charge in [-0.05, 0) is 0 Å². The molecule has 0 radical (unpaired) electrons. The monoisotopic (exact) mass is 177 g/mol. The molecular formula is C6H8FNO4. The summed E-state index contributed by atoms with van der Waals surface area (Å²) in [5.74, 6) is -1.59. The minimum absolute atomic E-state index is 0.0574. The van der Waals surface area contributed by atoms with Crippen LogP contribution in [0.5, 0.6) is 0 Å². The smallest absolute Gasteiger partial charge is 0.407 e. The first-order chi connectivity index (χ1) is 5.46. The van der Waals surface area contributed by atoms with E-state index >= 15 is 0 Å². The van der Waals surface area contributed by atoms with Crippen molar-refractivity contribution in [1.82, 2.24) is 4.90 Å². The third-order valence-electron chi connectivity index (χ3n) is 1.87. The van der Waals surface area contributed by atoms with Crippen LogP contribution in [-0.4, -0.2) is 45.9 Å². The number of hydrogen-bond acceptors (Lipinski definition) is 2. The molecular weight excluding hydrogens is 169 g/mol. The predicted molar refractivity (Wildman–Crippen MR) is 35.7 cm³/mol. The fourth-order valence-corrected chi connectivity index (χ4v) is 1.11. The van der Waals surface area contributed by atoms with Gasteiger partial charge in [0.1, 0.15) is 0 Å². The van der Waals surface area contributed by atoms with E-state index in [1.807, 2.05) is 0 Å². The van der Waals surface area contributed by atoms with Gasteiger partial charge in [-0.3, -0.25) is 0 Å². The number of hydrogen-bond donors (Lipinski definition) is 2. The Labute approximate surface area is 67.4 Å². The van der Waals surface area contributed by atoms with Crippen molar-refractivity contribution in [1.29, 1.82) is 0 Å². The first kappa shape index (κ1) is 8.76. The van der Waals surface area contributed by atoms with Crippen molar-refractivity contribution in [2.45, 2.75) is 12.1 Å². The summed E-state index contributed by atoms with van der Waals surface area (Å²) in [5.41, 5.74) is -2.39. The van der Waals surface area contributed by atoms with Crippen molar-refractivity contribution in [2.75, 3.05) is 13.1 Å². The Balaban J connectivity index is 2.67. The van der Waals surface area contributed by atoms with Gasteiger partial charge in [0.05, 0.1) is 6.54 Å². The highest BCUT2D eigenvalue weighted by molar-refractivity contribution is 5.79. The molecule has 0 spiro atoms. The van der Waals surface area contributed by atoms with Crippen LogP contribution in [0.15, 0.2) is 0 Å². The van der Waals surface area contributed by atoms with E-state index in [2.05, 4.69) is 0 Å². The van der Waals surface area contributed by atoms with Crippen molar-refractivity contribution < 1.29 is 24.2 Å². The second-order valence-electron chi connectivity index (χ2n) is 2.72. The molecule has 12 heavy (non-hydrogen) atoms. The number of halogens is 1. The fraction of sp³-hybridized carbons (Fsp3) is 0.667. The predicted octanol–water partition coefficient (Wildman–Crippen LogP) is 0.163. The van der Waals surface area contributed by atoms with Gasteiger partial charge < -0.3 is 15.1 Å². The number of carboxylic acid groups (broad SMARTS) is 2. The molecule has 1 heterocycles. The number of carbonyl (C=O) groups is 2. The first-order valence-electron chi connectivity index (χ1n) is 3.36. The molecule has 0 aromatic heterocycles. The first-order valence-corrected chi connectivity index (χ1v) is 3.36. The van der Waals surface area contributed by atoms with Crippen LogP contribution in [0.2, 0.25) is 0 Å². The second-order valence-corrected chi connectivity index (χ2v) is 2.72. The molecule has 1 fully saturated rings. The van der Waals surface area contributed by atoms with Gasteiger partial charge in [0.2, 0.25) is 5.67 Å². The zero-order valence-corrected chi connectivity index (χ0v) is 6.16. The summed E-state index contributed by atoms with van der Waals surface area (Å²) in [6, 6.07) is 0. The summed E-state index contributed by atoms with van der Waals surface area (Å²) in [4.78, 5) is 21.3. The molecule has 1 aliphatic heterocycles. The van der Waals surface area contributed by atoms with Crippen molar-refractivity contribution in [2.24, 2.45) is 0 Å². The molecule has 0 bridgehead atoms. The van der Waals surface area contributed by atoms with Crippen molar-refractivity contribution in [3.8, 4) is 0 Å². The van der Waals surface area contributed by atoms with Crippen molar-refractivity contribution in [3.05, 3.63) is 0 Å². The lowest BCUT2D eigenvalue weighted by molar-refractivity contribution is -0.149. The van der Waals surface area contributed by atoms with Gasteiger partial charge in [-0.1, -0.05) is 0 Å². The number of amides is 1. The Morgan fingerprint density at radius 2 is 2.00 bits per heavy atom. The zero-order valence-electron chi connectivity index (χ0n) is 6.16. The number of rotatable bonds is 1. The molecule has 1 atom stereocenters. The third kappa shape index (κ3) is 1.32. The number of likely N-dealkylation sites (tertiary alicyclic amines) is 1. The number of aliphatic carboxylic acids is 1. The maximum absolute atomic E-state index is 13.1. The highest BCUT2D eigenvalue weighted by atomic mass is 19.1. The normalized spacial score (nSPS) is 28.9. The molecule has 0 saturated carbocycles. The Morgan fingerprint density at radius 3 is 2.25 bits per heavy atom. The molecule has 1 rings (SSSR count). The van der Waals surface area contributed by atoms with Gasteiger partial charge in [0, 0.05) is 13.0 Å². The molecule has 1 aliphatic rings. The number of nitrogens with zero attached hydrogens (tertiary/aromatic N) is 1. The summed E-state index contributed by atoms with van der Waals surface area (Å²) in [7, 11) is 0. The van der Waals surface area contributed by atoms with Crippen LogP contribution in [-0.2, 0) is 4.79 Å². The van der Waals surface area contributed by atoms with Crippen molar-refractivity contribution in [3.63, 3.8) is 0 Å². The summed E-state index contributed by atoms with van der Waals surface area (Å²) in [5, 5.41) is 16.8. The van der Waals surface area contributed by atoms with Crippen molar-refractivity contribution >= 4 is 12.1 Å². The van der Waals surface area contributed by atoms with Crippen LogP contribution in [0.3, 0.4) is 0 Å². The van der Waals surface area contributed by atoms with Gasteiger partial charge in [-0.25, -0.2) is 14.0 Å². The Kier molecular flexibility index (Phi) is 1.91. The average Bonchev–Trinajstić information content (AvgIpc) is 2.33. The fourth-order valence-electron chi connectivity index (χ4n) is 1.11. The summed E-state index contributed by atoms with van der Waals surface area (Å²) in [6.07, 6.45) is -1.55. The lowest BCUT2D eigenvalue weighted by atomic mass is 10.1. The topological polar surface area (TPSA) is 77.8 Å². The largest absolute Gasteiger partial charge is 0.479 e. The van der Waals surface area contributed by atoms with E-state index in [4.69, 9.17) is 10.2 Å². The minimum atomic E-state index is -2.39. The molecule has 0 aliphatic carbocycles. The van der Waals surface area contributed by atoms with Crippen LogP contribution in [0.1, 0.15) is 6.42 Å². The lowest BCUT2D eigenvalue weighted by Crippen LogP contribution is -2.38. The molecule has 2 N–H and O–H groups in total. The van der Waals surface area contributed by atoms with E-state index in [0.717, 1.165) is 4.90 Å². The molecule has 6 heteroatoms. The van der Waals surface area contributed by atoms with E-state index < -0.39 is 24.3 Å². The summed E-state index contributed by atoms with van der Waals surface area (Å²) < 4.78 is 13.1. The molecule has 0 aromatic rings. The van der Waals surface area contributed by atoms with Gasteiger partial charge in [0.15, 0.2) is 0 Å². The van der Waals surface area contributed by atoms with E-state index in [9.17, 15) is 14.0 Å². The molecule has 5 nitrogen and oxygen atoms in total. The second kappa shape index (κ2) is 2.62. The highest BCUT2D eigenvalue weighted by Gasteiger charge is 2.46. The maximum Gasteiger partial charge on any atom is 0.407 e. The van der Waals surface area contributed by atoms with Gasteiger partial charge in [-0.2, -0.15) is 0 Å². The van der Waals surface area contributed by atoms with E-state index in [1.54, 1.807) is 0 Å². The quantitative estimate of drug-likeness (QED) is 0.598. The number of alkyl halides is 1. The maximum atomic E-state index is 13.1. The van der Waals surface area contributed by atoms with E-state index in [-0.39, 0.29) is 13.0 Å². The van der Waals surface area contributed by atoms with Crippen LogP contribution in [0.4, 0.5) is 9.18 Å². The van der Waals surface area contributed by atoms with Gasteiger partial charge in [0.25, 0.3) is 0 Å². The van der Waals surface area contributed by atoms with Crippen LogP contribution in [0.25, 0.3) is 0 Å². The minimum Gasteiger partial charge on any atom is -0.479 e. The molecule has 0 aromatic carbocycles. The van der Waals surface area contributed by atoms with Gasteiger partial charge in [-0.15, -0.1) is 0 Å². The standard InChI is InChI=1S/C6H8FNO4/c7-6(4(9)10)1-2-8(3-6)5(11)12/h1-3H2,(H,9,10)(H,11,12)/t6-/m0/s1. The average molecular weight is 177 g/mol. The van der Waals surface area contributed by atoms with Crippen LogP contribution < -0.4 is 0 Å². The Morgan fingerprint density at radius 1 is 1.42 bits per heavy atom. The van der Waals surface area contributed by atoms with Crippen LogP contribution in [0, 0.1) is 0 Å².